The van der Waals surface area contributed by atoms with Crippen molar-refractivity contribution in [2.45, 2.75) is 31.2 Å². The van der Waals surface area contributed by atoms with Gasteiger partial charge in [-0.15, -0.1) is 11.3 Å². The molecule has 0 amide bonds. The van der Waals surface area contributed by atoms with E-state index in [1.807, 2.05) is 18.2 Å². The molecule has 0 aliphatic carbocycles. The van der Waals surface area contributed by atoms with Gasteiger partial charge in [0.2, 0.25) is 0 Å². The van der Waals surface area contributed by atoms with Crippen molar-refractivity contribution >= 4 is 44.9 Å². The third kappa shape index (κ3) is 3.88. The molecule has 2 aromatic carbocycles. The molecule has 0 unspecified atom stereocenters. The maximum atomic E-state index is 6.64. The summed E-state index contributed by atoms with van der Waals surface area (Å²) in [6.45, 7) is 4.28. The first-order valence-corrected chi connectivity index (χ1v) is 11.1. The van der Waals surface area contributed by atoms with Crippen LogP contribution in [0.1, 0.15) is 22.9 Å². The van der Waals surface area contributed by atoms with E-state index >= 15 is 0 Å². The van der Waals surface area contributed by atoms with Crippen LogP contribution in [0.4, 0.5) is 0 Å². The molecule has 0 atom stereocenters. The van der Waals surface area contributed by atoms with Crippen LogP contribution in [0.15, 0.2) is 59.8 Å². The molecule has 0 bridgehead atoms. The van der Waals surface area contributed by atoms with Gasteiger partial charge in [0.1, 0.15) is 9.98 Å². The third-order valence-corrected chi connectivity index (χ3v) is 6.85. The molecule has 0 fully saturated rings. The van der Waals surface area contributed by atoms with Gasteiger partial charge in [0, 0.05) is 16.2 Å². The molecular weight excluding hydrogens is 392 g/mol. The Morgan fingerprint density at radius 1 is 1.00 bits per heavy atom. The van der Waals surface area contributed by atoms with Crippen molar-refractivity contribution in [3.05, 3.63) is 75.8 Å². The summed E-state index contributed by atoms with van der Waals surface area (Å²) >= 11 is 9.99. The molecule has 5 heteroatoms. The van der Waals surface area contributed by atoms with Crippen LogP contribution >= 0.6 is 34.7 Å². The molecule has 2 nitrogen and oxygen atoms in total. The second-order valence-electron chi connectivity index (χ2n) is 6.37. The first kappa shape index (κ1) is 18.5. The summed E-state index contributed by atoms with van der Waals surface area (Å²) in [4.78, 5) is 11.7. The molecule has 0 saturated heterocycles. The van der Waals surface area contributed by atoms with Gasteiger partial charge in [-0.1, -0.05) is 90.4 Å². The molecular formula is C22H19ClN2S2. The lowest BCUT2D eigenvalue weighted by Crippen LogP contribution is -1.90. The van der Waals surface area contributed by atoms with Gasteiger partial charge in [-0.25, -0.2) is 9.97 Å². The number of fused-ring (bicyclic) bond motifs is 1. The van der Waals surface area contributed by atoms with Crippen molar-refractivity contribution < 1.29 is 0 Å². The minimum Gasteiger partial charge on any atom is -0.211 e. The van der Waals surface area contributed by atoms with Gasteiger partial charge in [-0.3, -0.25) is 0 Å². The number of hydrogen-bond donors (Lipinski definition) is 0. The molecule has 0 radical (unpaired) electrons. The van der Waals surface area contributed by atoms with Crippen LogP contribution in [0, 0.1) is 6.92 Å². The largest absolute Gasteiger partial charge is 0.211 e. The number of aryl methyl sites for hydroxylation is 2. The van der Waals surface area contributed by atoms with E-state index in [1.54, 1.807) is 23.1 Å². The average Bonchev–Trinajstić information content (AvgIpc) is 3.07. The Balaban J connectivity index is 1.74. The van der Waals surface area contributed by atoms with Crippen molar-refractivity contribution in [2.75, 3.05) is 0 Å². The highest BCUT2D eigenvalue weighted by Crippen LogP contribution is 2.42. The second kappa shape index (κ2) is 8.01. The number of hydrogen-bond acceptors (Lipinski definition) is 4. The number of thiophene rings is 1. The summed E-state index contributed by atoms with van der Waals surface area (Å²) in [5.74, 6) is 0.833. The van der Waals surface area contributed by atoms with E-state index in [-0.39, 0.29) is 0 Å². The van der Waals surface area contributed by atoms with Gasteiger partial charge in [-0.05, 0) is 24.5 Å². The predicted octanol–water partition coefficient (Wildman–Crippen LogP) is 7.17. The SMILES string of the molecule is CCc1sc2nc(SCc3ccccc3)nc(Cl)c2c1-c1ccc(C)cc1. The molecule has 4 rings (SSSR count). The lowest BCUT2D eigenvalue weighted by Gasteiger charge is -2.06. The first-order valence-electron chi connectivity index (χ1n) is 8.88. The fraction of sp³-hybridized carbons (Fsp3) is 0.182. The summed E-state index contributed by atoms with van der Waals surface area (Å²) in [6.07, 6.45) is 0.951. The van der Waals surface area contributed by atoms with Crippen LogP contribution < -0.4 is 0 Å². The van der Waals surface area contributed by atoms with Crippen LogP contribution in [-0.2, 0) is 12.2 Å². The van der Waals surface area contributed by atoms with Crippen LogP contribution in [0.25, 0.3) is 21.3 Å². The quantitative estimate of drug-likeness (QED) is 0.198. The highest BCUT2D eigenvalue weighted by Gasteiger charge is 2.19. The Bertz CT molecular complexity index is 1070. The maximum absolute atomic E-state index is 6.64. The maximum Gasteiger partial charge on any atom is 0.190 e. The van der Waals surface area contributed by atoms with E-state index in [0.717, 1.165) is 27.5 Å². The smallest absolute Gasteiger partial charge is 0.190 e. The average molecular weight is 411 g/mol. The van der Waals surface area contributed by atoms with Crippen molar-refractivity contribution in [1.82, 2.24) is 9.97 Å². The van der Waals surface area contributed by atoms with Crippen molar-refractivity contribution in [3.8, 4) is 11.1 Å². The highest BCUT2D eigenvalue weighted by atomic mass is 35.5. The summed E-state index contributed by atoms with van der Waals surface area (Å²) in [5, 5.41) is 2.25. The summed E-state index contributed by atoms with van der Waals surface area (Å²) in [5.41, 5.74) is 4.86. The Morgan fingerprint density at radius 3 is 2.44 bits per heavy atom. The normalized spacial score (nSPS) is 11.2. The van der Waals surface area contributed by atoms with Crippen molar-refractivity contribution in [3.63, 3.8) is 0 Å². The molecule has 0 aliphatic heterocycles. The van der Waals surface area contributed by atoms with E-state index in [2.05, 4.69) is 55.2 Å². The molecule has 4 aromatic rings. The number of rotatable bonds is 5. The highest BCUT2D eigenvalue weighted by molar-refractivity contribution is 7.98. The molecule has 0 saturated carbocycles. The summed E-state index contributed by atoms with van der Waals surface area (Å²) in [7, 11) is 0. The van der Waals surface area contributed by atoms with Crippen LogP contribution in [0.2, 0.25) is 5.15 Å². The third-order valence-electron chi connectivity index (χ3n) is 4.43. The molecule has 0 aliphatic rings. The monoisotopic (exact) mass is 410 g/mol. The Hall–Kier alpha value is -1.88. The molecule has 2 heterocycles. The second-order valence-corrected chi connectivity index (χ2v) is 8.76. The molecule has 136 valence electrons. The van der Waals surface area contributed by atoms with Crippen LogP contribution in [-0.4, -0.2) is 9.97 Å². The minimum atomic E-state index is 0.544. The van der Waals surface area contributed by atoms with Crippen LogP contribution in [0.3, 0.4) is 0 Å². The first-order chi connectivity index (χ1) is 13.2. The molecule has 0 spiro atoms. The van der Waals surface area contributed by atoms with Gasteiger partial charge in [0.05, 0.1) is 5.39 Å². The summed E-state index contributed by atoms with van der Waals surface area (Å²) < 4.78 is 0. The Kier molecular flexibility index (Phi) is 5.48. The fourth-order valence-electron chi connectivity index (χ4n) is 3.05. The zero-order valence-corrected chi connectivity index (χ0v) is 17.6. The van der Waals surface area contributed by atoms with E-state index in [9.17, 15) is 0 Å². The van der Waals surface area contributed by atoms with E-state index in [4.69, 9.17) is 16.6 Å². The molecule has 2 aromatic heterocycles. The zero-order valence-electron chi connectivity index (χ0n) is 15.2. The predicted molar refractivity (Wildman–Crippen MR) is 118 cm³/mol. The van der Waals surface area contributed by atoms with Gasteiger partial charge in [0.25, 0.3) is 0 Å². The fourth-order valence-corrected chi connectivity index (χ4v) is 5.41. The topological polar surface area (TPSA) is 25.8 Å². The number of halogens is 1. The lowest BCUT2D eigenvalue weighted by molar-refractivity contribution is 1.01. The lowest BCUT2D eigenvalue weighted by atomic mass is 10.0. The Labute approximate surface area is 172 Å². The number of benzene rings is 2. The Morgan fingerprint density at radius 2 is 1.74 bits per heavy atom. The van der Waals surface area contributed by atoms with E-state index < -0.39 is 0 Å². The van der Waals surface area contributed by atoms with E-state index in [0.29, 0.717) is 5.15 Å². The summed E-state index contributed by atoms with van der Waals surface area (Å²) in [6, 6.07) is 18.9. The van der Waals surface area contributed by atoms with Gasteiger partial charge in [0.15, 0.2) is 5.16 Å². The van der Waals surface area contributed by atoms with E-state index in [1.165, 1.54) is 27.1 Å². The van der Waals surface area contributed by atoms with Crippen molar-refractivity contribution in [1.29, 1.82) is 0 Å². The molecule has 27 heavy (non-hydrogen) atoms. The minimum absolute atomic E-state index is 0.544. The van der Waals surface area contributed by atoms with Gasteiger partial charge < -0.3 is 0 Å². The van der Waals surface area contributed by atoms with Crippen LogP contribution in [0.5, 0.6) is 0 Å². The molecule has 0 N–H and O–H groups in total. The van der Waals surface area contributed by atoms with Crippen molar-refractivity contribution in [2.24, 2.45) is 0 Å². The number of aromatic nitrogens is 2. The van der Waals surface area contributed by atoms with Gasteiger partial charge in [-0.2, -0.15) is 0 Å². The zero-order chi connectivity index (χ0) is 18.8. The standard InChI is InChI=1S/C22H19ClN2S2/c1-3-17-18(16-11-9-14(2)10-12-16)19-20(23)24-22(25-21(19)27-17)26-13-15-7-5-4-6-8-15/h4-12H,3,13H2,1-2H3. The number of thioether (sulfide) groups is 1. The number of nitrogens with zero attached hydrogens (tertiary/aromatic N) is 2. The van der Waals surface area contributed by atoms with Gasteiger partial charge >= 0.3 is 0 Å².